The van der Waals surface area contributed by atoms with E-state index in [9.17, 15) is 0 Å². The maximum Gasteiger partial charge on any atom is 0.0255 e. The van der Waals surface area contributed by atoms with Crippen molar-refractivity contribution in [1.82, 2.24) is 0 Å². The van der Waals surface area contributed by atoms with Gasteiger partial charge in [0.15, 0.2) is 0 Å². The lowest BCUT2D eigenvalue weighted by Crippen LogP contribution is -2.15. The summed E-state index contributed by atoms with van der Waals surface area (Å²) < 4.78 is 0. The highest BCUT2D eigenvalue weighted by Crippen LogP contribution is 2.34. The monoisotopic (exact) mass is 280 g/mol. The van der Waals surface area contributed by atoms with Gasteiger partial charge >= 0.3 is 0 Å². The third-order valence-corrected chi connectivity index (χ3v) is 5.10. The summed E-state index contributed by atoms with van der Waals surface area (Å²) >= 11 is 6.04. The maximum atomic E-state index is 6.04. The van der Waals surface area contributed by atoms with Crippen LogP contribution in [-0.4, -0.2) is 5.88 Å². The summed E-state index contributed by atoms with van der Waals surface area (Å²) in [4.78, 5) is 0. The molecule has 3 aromatic rings. The molecule has 0 bridgehead atoms. The number of hydrogen-bond donors (Lipinski definition) is 0. The van der Waals surface area contributed by atoms with E-state index in [1.165, 1.54) is 39.9 Å². The third kappa shape index (κ3) is 1.83. The van der Waals surface area contributed by atoms with E-state index in [0.717, 1.165) is 12.3 Å². The van der Waals surface area contributed by atoms with Crippen LogP contribution in [0.5, 0.6) is 0 Å². The number of alkyl halides is 1. The smallest absolute Gasteiger partial charge is 0.0255 e. The van der Waals surface area contributed by atoms with Gasteiger partial charge in [0, 0.05) is 5.88 Å². The van der Waals surface area contributed by atoms with Gasteiger partial charge in [-0.3, -0.25) is 0 Å². The van der Waals surface area contributed by atoms with Gasteiger partial charge < -0.3 is 0 Å². The molecule has 1 atom stereocenters. The average Bonchev–Trinajstić information content (AvgIpc) is 2.53. The van der Waals surface area contributed by atoms with Gasteiger partial charge in [-0.05, 0) is 57.9 Å². The minimum atomic E-state index is 0.655. The Labute approximate surface area is 124 Å². The van der Waals surface area contributed by atoms with Crippen LogP contribution in [0.1, 0.15) is 17.5 Å². The molecule has 3 aromatic carbocycles. The highest BCUT2D eigenvalue weighted by Gasteiger charge is 2.19. The number of aryl methyl sites for hydroxylation is 1. The zero-order valence-electron chi connectivity index (χ0n) is 11.4. The van der Waals surface area contributed by atoms with E-state index in [4.69, 9.17) is 11.6 Å². The molecular formula is C19H17Cl. The Morgan fingerprint density at radius 2 is 1.75 bits per heavy atom. The molecule has 1 aliphatic rings. The minimum absolute atomic E-state index is 0.655. The normalized spacial score (nSPS) is 18.4. The quantitative estimate of drug-likeness (QED) is 0.417. The summed E-state index contributed by atoms with van der Waals surface area (Å²) in [6.45, 7) is 0. The molecule has 0 nitrogen and oxygen atoms in total. The highest BCUT2D eigenvalue weighted by atomic mass is 35.5. The topological polar surface area (TPSA) is 0 Å². The first-order valence-corrected chi connectivity index (χ1v) is 7.88. The Hall–Kier alpha value is -1.53. The first-order chi connectivity index (χ1) is 9.86. The molecule has 0 heterocycles. The Morgan fingerprint density at radius 1 is 0.900 bits per heavy atom. The van der Waals surface area contributed by atoms with Crippen LogP contribution in [0.4, 0.5) is 0 Å². The second-order valence-electron chi connectivity index (χ2n) is 5.85. The first kappa shape index (κ1) is 12.2. The Morgan fingerprint density at radius 3 is 2.65 bits per heavy atom. The molecule has 0 saturated heterocycles. The van der Waals surface area contributed by atoms with E-state index in [0.29, 0.717) is 5.92 Å². The summed E-state index contributed by atoms with van der Waals surface area (Å²) in [6, 6.07) is 17.8. The van der Waals surface area contributed by atoms with E-state index in [1.807, 2.05) is 0 Å². The maximum absolute atomic E-state index is 6.04. The Kier molecular flexibility index (Phi) is 2.93. The van der Waals surface area contributed by atoms with Gasteiger partial charge in [-0.1, -0.05) is 48.5 Å². The summed E-state index contributed by atoms with van der Waals surface area (Å²) in [5.41, 5.74) is 3.05. The van der Waals surface area contributed by atoms with Crippen LogP contribution in [0.2, 0.25) is 0 Å². The standard InChI is InChI=1S/C19H17Cl/c20-12-13-5-8-17-15(11-13)7-10-18-16-4-2-1-3-14(16)6-9-19(17)18/h1-4,6-7,9-10,13H,5,8,11-12H2. The zero-order chi connectivity index (χ0) is 13.5. The molecule has 0 radical (unpaired) electrons. The van der Waals surface area contributed by atoms with Crippen LogP contribution in [-0.2, 0) is 12.8 Å². The number of hydrogen-bond acceptors (Lipinski definition) is 0. The fraction of sp³-hybridized carbons (Fsp3) is 0.263. The fourth-order valence-corrected chi connectivity index (χ4v) is 3.84. The van der Waals surface area contributed by atoms with E-state index in [2.05, 4.69) is 48.5 Å². The van der Waals surface area contributed by atoms with Crippen molar-refractivity contribution in [1.29, 1.82) is 0 Å². The first-order valence-electron chi connectivity index (χ1n) is 7.35. The van der Waals surface area contributed by atoms with Crippen LogP contribution in [0.15, 0.2) is 48.5 Å². The van der Waals surface area contributed by atoms with Crippen molar-refractivity contribution in [3.8, 4) is 0 Å². The van der Waals surface area contributed by atoms with Gasteiger partial charge in [-0.15, -0.1) is 11.6 Å². The molecule has 0 saturated carbocycles. The van der Waals surface area contributed by atoms with Gasteiger partial charge in [-0.2, -0.15) is 0 Å². The summed E-state index contributed by atoms with van der Waals surface area (Å²) in [6.07, 6.45) is 3.53. The molecule has 4 rings (SSSR count). The predicted molar refractivity (Wildman–Crippen MR) is 87.7 cm³/mol. The minimum Gasteiger partial charge on any atom is -0.126 e. The molecule has 1 heteroatoms. The third-order valence-electron chi connectivity index (χ3n) is 4.66. The van der Waals surface area contributed by atoms with Gasteiger partial charge in [0.1, 0.15) is 0 Å². The van der Waals surface area contributed by atoms with Gasteiger partial charge in [-0.25, -0.2) is 0 Å². The Bertz CT molecular complexity index is 788. The Balaban J connectivity index is 1.99. The molecule has 0 spiro atoms. The number of fused-ring (bicyclic) bond motifs is 5. The predicted octanol–water partition coefficient (Wildman–Crippen LogP) is 5.34. The molecule has 0 aromatic heterocycles. The molecule has 20 heavy (non-hydrogen) atoms. The van der Waals surface area contributed by atoms with Crippen LogP contribution < -0.4 is 0 Å². The molecule has 1 unspecified atom stereocenters. The van der Waals surface area contributed by atoms with Crippen molar-refractivity contribution in [2.24, 2.45) is 5.92 Å². The number of halogens is 1. The van der Waals surface area contributed by atoms with Crippen molar-refractivity contribution < 1.29 is 0 Å². The molecule has 0 amide bonds. The van der Waals surface area contributed by atoms with Gasteiger partial charge in [0.2, 0.25) is 0 Å². The van der Waals surface area contributed by atoms with E-state index in [1.54, 1.807) is 5.56 Å². The SMILES string of the molecule is ClCC1CCc2c(ccc3c2ccc2ccccc23)C1. The van der Waals surface area contributed by atoms with Crippen molar-refractivity contribution in [3.63, 3.8) is 0 Å². The highest BCUT2D eigenvalue weighted by molar-refractivity contribution is 6.18. The molecule has 100 valence electrons. The van der Waals surface area contributed by atoms with Crippen LogP contribution in [0.25, 0.3) is 21.5 Å². The van der Waals surface area contributed by atoms with Crippen molar-refractivity contribution in [2.75, 3.05) is 5.88 Å². The van der Waals surface area contributed by atoms with Gasteiger partial charge in [0.05, 0.1) is 0 Å². The van der Waals surface area contributed by atoms with E-state index in [-0.39, 0.29) is 0 Å². The second-order valence-corrected chi connectivity index (χ2v) is 6.16. The molecule has 0 aliphatic heterocycles. The summed E-state index contributed by atoms with van der Waals surface area (Å²) in [5.74, 6) is 1.44. The van der Waals surface area contributed by atoms with Crippen molar-refractivity contribution in [3.05, 3.63) is 59.7 Å². The fourth-order valence-electron chi connectivity index (χ4n) is 3.58. The number of rotatable bonds is 1. The second kappa shape index (κ2) is 4.79. The lowest BCUT2D eigenvalue weighted by Gasteiger charge is -2.24. The molecule has 1 aliphatic carbocycles. The number of benzene rings is 3. The van der Waals surface area contributed by atoms with E-state index < -0.39 is 0 Å². The van der Waals surface area contributed by atoms with Crippen molar-refractivity contribution >= 4 is 33.1 Å². The van der Waals surface area contributed by atoms with Crippen LogP contribution >= 0.6 is 11.6 Å². The van der Waals surface area contributed by atoms with Crippen molar-refractivity contribution in [2.45, 2.75) is 19.3 Å². The molecule has 0 fully saturated rings. The van der Waals surface area contributed by atoms with Crippen LogP contribution in [0, 0.1) is 5.92 Å². The molecular weight excluding hydrogens is 264 g/mol. The summed E-state index contributed by atoms with van der Waals surface area (Å²) in [7, 11) is 0. The lowest BCUT2D eigenvalue weighted by atomic mass is 9.82. The van der Waals surface area contributed by atoms with E-state index >= 15 is 0 Å². The average molecular weight is 281 g/mol. The largest absolute Gasteiger partial charge is 0.126 e. The van der Waals surface area contributed by atoms with Crippen LogP contribution in [0.3, 0.4) is 0 Å². The summed E-state index contributed by atoms with van der Waals surface area (Å²) in [5, 5.41) is 5.53. The molecule has 0 N–H and O–H groups in total. The van der Waals surface area contributed by atoms with Gasteiger partial charge in [0.25, 0.3) is 0 Å². The zero-order valence-corrected chi connectivity index (χ0v) is 12.2. The lowest BCUT2D eigenvalue weighted by molar-refractivity contribution is 0.509.